The van der Waals surface area contributed by atoms with E-state index in [9.17, 15) is 4.79 Å². The van der Waals surface area contributed by atoms with E-state index in [0.717, 1.165) is 68.9 Å². The third-order valence-corrected chi connectivity index (χ3v) is 5.84. The Labute approximate surface area is 154 Å². The number of imidazole rings is 1. The Balaban J connectivity index is 1.50. The third kappa shape index (κ3) is 3.28. The molecule has 0 aliphatic carbocycles. The normalized spacial score (nSPS) is 21.0. The summed E-state index contributed by atoms with van der Waals surface area (Å²) >= 11 is 0. The summed E-state index contributed by atoms with van der Waals surface area (Å²) < 4.78 is 2.17. The minimum Gasteiger partial charge on any atom is -0.335 e. The average molecular weight is 356 g/mol. The minimum atomic E-state index is 0.102. The topological polar surface area (TPSA) is 70.0 Å². The van der Waals surface area contributed by atoms with E-state index >= 15 is 0 Å². The number of hydrogen-bond donors (Lipinski definition) is 1. The van der Waals surface area contributed by atoms with Gasteiger partial charge in [0.25, 0.3) is 5.91 Å². The van der Waals surface area contributed by atoms with E-state index in [1.54, 1.807) is 0 Å². The van der Waals surface area contributed by atoms with Gasteiger partial charge in [0.2, 0.25) is 0 Å². The number of nitrogens with one attached hydrogen (secondary N) is 1. The smallest absolute Gasteiger partial charge is 0.274 e. The highest BCUT2D eigenvalue weighted by molar-refractivity contribution is 5.94. The lowest BCUT2D eigenvalue weighted by molar-refractivity contribution is 0.0587. The van der Waals surface area contributed by atoms with Crippen LogP contribution in [0.25, 0.3) is 0 Å². The molecule has 1 unspecified atom stereocenters. The van der Waals surface area contributed by atoms with Crippen molar-refractivity contribution in [1.82, 2.24) is 29.5 Å². The number of likely N-dealkylation sites (tertiary alicyclic amines) is 1. The Morgan fingerprint density at radius 2 is 2.23 bits per heavy atom. The molecule has 1 N–H and O–H groups in total. The zero-order valence-electron chi connectivity index (χ0n) is 15.7. The van der Waals surface area contributed by atoms with Gasteiger partial charge in [-0.05, 0) is 39.7 Å². The molecule has 2 aliphatic rings. The summed E-state index contributed by atoms with van der Waals surface area (Å²) in [5.41, 5.74) is 2.87. The molecule has 1 amide bonds. The van der Waals surface area contributed by atoms with Gasteiger partial charge in [-0.25, -0.2) is 4.98 Å². The molecular weight excluding hydrogens is 328 g/mol. The van der Waals surface area contributed by atoms with E-state index in [-0.39, 0.29) is 11.9 Å². The molecule has 2 aromatic rings. The van der Waals surface area contributed by atoms with Crippen LogP contribution in [0.5, 0.6) is 0 Å². The summed E-state index contributed by atoms with van der Waals surface area (Å²) in [6.45, 7) is 5.58. The van der Waals surface area contributed by atoms with Crippen LogP contribution in [0, 0.1) is 6.92 Å². The van der Waals surface area contributed by atoms with E-state index in [2.05, 4.69) is 36.6 Å². The van der Waals surface area contributed by atoms with Gasteiger partial charge in [-0.3, -0.25) is 9.89 Å². The number of carbonyl (C=O) groups excluding carboxylic acids is 1. The number of aryl methyl sites for hydroxylation is 2. The first-order chi connectivity index (χ1) is 12.6. The highest BCUT2D eigenvalue weighted by Crippen LogP contribution is 2.26. The summed E-state index contributed by atoms with van der Waals surface area (Å²) in [5.74, 6) is 1.13. The molecule has 4 rings (SSSR count). The second kappa shape index (κ2) is 7.23. The van der Waals surface area contributed by atoms with Gasteiger partial charge >= 0.3 is 0 Å². The number of hydrogen-bond acceptors (Lipinski definition) is 4. The zero-order valence-corrected chi connectivity index (χ0v) is 15.7. The first-order valence-electron chi connectivity index (χ1n) is 9.67. The minimum absolute atomic E-state index is 0.102. The predicted molar refractivity (Wildman–Crippen MR) is 98.9 cm³/mol. The molecule has 0 saturated carbocycles. The van der Waals surface area contributed by atoms with Crippen LogP contribution in [0.2, 0.25) is 0 Å². The lowest BCUT2D eigenvalue weighted by Gasteiger charge is -2.36. The molecule has 1 atom stereocenters. The zero-order chi connectivity index (χ0) is 18.1. The van der Waals surface area contributed by atoms with Gasteiger partial charge < -0.3 is 14.4 Å². The van der Waals surface area contributed by atoms with Gasteiger partial charge in [0, 0.05) is 62.3 Å². The van der Waals surface area contributed by atoms with Crippen molar-refractivity contribution in [2.75, 3.05) is 20.1 Å². The second-order valence-corrected chi connectivity index (χ2v) is 7.62. The summed E-state index contributed by atoms with van der Waals surface area (Å²) in [5, 5.41) is 7.51. The number of piperidine rings is 1. The number of H-pyrrole nitrogens is 1. The van der Waals surface area contributed by atoms with Crippen molar-refractivity contribution in [1.29, 1.82) is 0 Å². The fraction of sp³-hybridized carbons (Fsp3) is 0.632. The highest BCUT2D eigenvalue weighted by atomic mass is 16.2. The Hall–Kier alpha value is -2.15. The molecule has 0 radical (unpaired) electrons. The quantitative estimate of drug-likeness (QED) is 0.909. The maximum atomic E-state index is 13.3. The molecule has 1 fully saturated rings. The van der Waals surface area contributed by atoms with Gasteiger partial charge in [0.05, 0.1) is 0 Å². The Morgan fingerprint density at radius 1 is 1.35 bits per heavy atom. The average Bonchev–Trinajstić information content (AvgIpc) is 3.25. The first kappa shape index (κ1) is 17.3. The molecule has 26 heavy (non-hydrogen) atoms. The molecular formula is C19H28N6O. The summed E-state index contributed by atoms with van der Waals surface area (Å²) in [4.78, 5) is 21.9. The lowest BCUT2D eigenvalue weighted by Crippen LogP contribution is -2.45. The van der Waals surface area contributed by atoms with E-state index in [1.807, 2.05) is 19.3 Å². The van der Waals surface area contributed by atoms with Crippen LogP contribution < -0.4 is 0 Å². The van der Waals surface area contributed by atoms with Crippen molar-refractivity contribution in [3.63, 3.8) is 0 Å². The SMILES string of the molecule is Cc1nccn1CCC1CCCCN1C(=O)c1n[nH]c2c1CN(C)CC2. The molecule has 2 aromatic heterocycles. The molecule has 7 nitrogen and oxygen atoms in total. The largest absolute Gasteiger partial charge is 0.335 e. The molecule has 2 aliphatic heterocycles. The van der Waals surface area contributed by atoms with Crippen LogP contribution in [0.15, 0.2) is 12.4 Å². The van der Waals surface area contributed by atoms with Crippen LogP contribution >= 0.6 is 0 Å². The second-order valence-electron chi connectivity index (χ2n) is 7.62. The Morgan fingerprint density at radius 3 is 3.04 bits per heavy atom. The lowest BCUT2D eigenvalue weighted by atomic mass is 9.97. The van der Waals surface area contributed by atoms with Crippen molar-refractivity contribution >= 4 is 5.91 Å². The molecule has 7 heteroatoms. The molecule has 4 heterocycles. The van der Waals surface area contributed by atoms with Gasteiger partial charge in [-0.1, -0.05) is 0 Å². The highest BCUT2D eigenvalue weighted by Gasteiger charge is 2.32. The summed E-state index contributed by atoms with van der Waals surface area (Å²) in [6, 6.07) is 0.284. The molecule has 140 valence electrons. The van der Waals surface area contributed by atoms with Crippen LogP contribution in [-0.4, -0.2) is 61.6 Å². The van der Waals surface area contributed by atoms with Crippen molar-refractivity contribution in [2.45, 2.75) is 58.2 Å². The number of aromatic amines is 1. The number of fused-ring (bicyclic) bond motifs is 1. The third-order valence-electron chi connectivity index (χ3n) is 5.84. The maximum Gasteiger partial charge on any atom is 0.274 e. The van der Waals surface area contributed by atoms with Gasteiger partial charge in [-0.15, -0.1) is 0 Å². The van der Waals surface area contributed by atoms with Crippen molar-refractivity contribution in [3.8, 4) is 0 Å². The molecule has 0 spiro atoms. The van der Waals surface area contributed by atoms with Crippen LogP contribution in [-0.2, 0) is 19.5 Å². The van der Waals surface area contributed by atoms with E-state index in [0.29, 0.717) is 5.69 Å². The van der Waals surface area contributed by atoms with Crippen LogP contribution in [0.3, 0.4) is 0 Å². The van der Waals surface area contributed by atoms with E-state index < -0.39 is 0 Å². The molecule has 0 aromatic carbocycles. The molecule has 1 saturated heterocycles. The number of amides is 1. The summed E-state index contributed by atoms with van der Waals surface area (Å²) in [7, 11) is 2.10. The number of likely N-dealkylation sites (N-methyl/N-ethyl adjacent to an activating group) is 1. The number of carbonyl (C=O) groups is 1. The van der Waals surface area contributed by atoms with E-state index in [1.165, 1.54) is 6.42 Å². The maximum absolute atomic E-state index is 13.3. The number of aromatic nitrogens is 4. The van der Waals surface area contributed by atoms with Gasteiger partial charge in [-0.2, -0.15) is 5.10 Å². The predicted octanol–water partition coefficient (Wildman–Crippen LogP) is 1.99. The van der Waals surface area contributed by atoms with Crippen molar-refractivity contribution in [3.05, 3.63) is 35.2 Å². The number of nitrogens with zero attached hydrogens (tertiary/aromatic N) is 5. The van der Waals surface area contributed by atoms with Crippen molar-refractivity contribution < 1.29 is 4.79 Å². The van der Waals surface area contributed by atoms with Crippen LogP contribution in [0.4, 0.5) is 0 Å². The van der Waals surface area contributed by atoms with E-state index in [4.69, 9.17) is 0 Å². The summed E-state index contributed by atoms with van der Waals surface area (Å²) in [6.07, 6.45) is 9.12. The van der Waals surface area contributed by atoms with Crippen molar-refractivity contribution in [2.24, 2.45) is 0 Å². The Bertz CT molecular complexity index is 779. The Kier molecular flexibility index (Phi) is 4.80. The number of rotatable bonds is 4. The molecule has 0 bridgehead atoms. The van der Waals surface area contributed by atoms with Gasteiger partial charge in [0.15, 0.2) is 5.69 Å². The fourth-order valence-corrected chi connectivity index (χ4v) is 4.24. The van der Waals surface area contributed by atoms with Crippen LogP contribution in [0.1, 0.15) is 53.3 Å². The first-order valence-corrected chi connectivity index (χ1v) is 9.67. The standard InChI is InChI=1S/C19H28N6O/c1-14-20-8-12-24(14)11-6-15-5-3-4-9-25(15)19(26)18-16-13-23(2)10-7-17(16)21-22-18/h8,12,15H,3-7,9-11,13H2,1-2H3,(H,21,22). The fourth-order valence-electron chi connectivity index (χ4n) is 4.24. The van der Waals surface area contributed by atoms with Gasteiger partial charge in [0.1, 0.15) is 5.82 Å². The monoisotopic (exact) mass is 356 g/mol.